The van der Waals surface area contributed by atoms with Crippen molar-refractivity contribution in [3.8, 4) is 11.8 Å². The summed E-state index contributed by atoms with van der Waals surface area (Å²) in [6.45, 7) is 1.06. The van der Waals surface area contributed by atoms with E-state index in [1.807, 2.05) is 0 Å². The van der Waals surface area contributed by atoms with Crippen LogP contribution in [0.4, 0.5) is 0 Å². The maximum Gasteiger partial charge on any atom is 0.340 e. The number of aliphatic hydroxyl groups is 1. The zero-order chi connectivity index (χ0) is 26.3. The molecule has 4 atom stereocenters. The molecule has 1 aliphatic heterocycles. The van der Waals surface area contributed by atoms with Crippen molar-refractivity contribution in [2.45, 2.75) is 31.0 Å². The van der Waals surface area contributed by atoms with Gasteiger partial charge >= 0.3 is 17.9 Å². The maximum atomic E-state index is 12.9. The summed E-state index contributed by atoms with van der Waals surface area (Å²) in [5, 5.41) is 11.6. The maximum absolute atomic E-state index is 12.9. The van der Waals surface area contributed by atoms with Gasteiger partial charge in [-0.05, 0) is 43.3 Å². The van der Waals surface area contributed by atoms with Gasteiger partial charge in [-0.15, -0.1) is 5.92 Å². The lowest BCUT2D eigenvalue weighted by Crippen LogP contribution is -2.51. The highest BCUT2D eigenvalue weighted by Gasteiger charge is 2.60. The predicted molar refractivity (Wildman–Crippen MR) is 131 cm³/mol. The van der Waals surface area contributed by atoms with Crippen LogP contribution in [0, 0.1) is 11.8 Å². The van der Waals surface area contributed by atoms with Crippen LogP contribution in [-0.4, -0.2) is 53.7 Å². The fourth-order valence-corrected chi connectivity index (χ4v) is 3.80. The van der Waals surface area contributed by atoms with Gasteiger partial charge in [0, 0.05) is 0 Å². The summed E-state index contributed by atoms with van der Waals surface area (Å²) >= 11 is 0. The predicted octanol–water partition coefficient (Wildman–Crippen LogP) is 3.41. The normalized spacial score (nSPS) is 22.3. The van der Waals surface area contributed by atoms with E-state index >= 15 is 0 Å². The van der Waals surface area contributed by atoms with E-state index in [0.29, 0.717) is 5.56 Å². The van der Waals surface area contributed by atoms with Crippen molar-refractivity contribution in [1.29, 1.82) is 0 Å². The molecule has 8 heteroatoms. The zero-order valence-electron chi connectivity index (χ0n) is 19.9. The summed E-state index contributed by atoms with van der Waals surface area (Å²) in [7, 11) is 0. The van der Waals surface area contributed by atoms with E-state index in [1.165, 1.54) is 19.1 Å². The molecule has 0 bridgehead atoms. The summed E-state index contributed by atoms with van der Waals surface area (Å²) in [5.74, 6) is 2.96. The molecule has 0 saturated carbocycles. The highest BCUT2D eigenvalue weighted by atomic mass is 16.7. The molecule has 1 N–H and O–H groups in total. The summed E-state index contributed by atoms with van der Waals surface area (Å²) in [4.78, 5) is 38.2. The Bertz CT molecular complexity index is 1300. The lowest BCUT2D eigenvalue weighted by atomic mass is 9.95. The molecule has 0 amide bonds. The largest absolute Gasteiger partial charge is 0.459 e. The Balaban J connectivity index is 1.60. The quantitative estimate of drug-likeness (QED) is 0.299. The van der Waals surface area contributed by atoms with Gasteiger partial charge in [-0.2, -0.15) is 0 Å². The molecule has 1 heterocycles. The van der Waals surface area contributed by atoms with Gasteiger partial charge in [-0.1, -0.05) is 60.5 Å². The smallest absolute Gasteiger partial charge is 0.340 e. The Kier molecular flexibility index (Phi) is 7.98. The molecule has 188 valence electrons. The third-order valence-electron chi connectivity index (χ3n) is 5.61. The fraction of sp³-hybridized carbons (Fsp3) is 0.207. The zero-order valence-corrected chi connectivity index (χ0v) is 19.9. The second-order valence-corrected chi connectivity index (χ2v) is 8.13. The second-order valence-electron chi connectivity index (χ2n) is 8.13. The summed E-state index contributed by atoms with van der Waals surface area (Å²) in [5.41, 5.74) is -1.50. The molecule has 1 saturated heterocycles. The molecular weight excluding hydrogens is 476 g/mol. The van der Waals surface area contributed by atoms with Crippen LogP contribution >= 0.6 is 0 Å². The van der Waals surface area contributed by atoms with E-state index in [1.54, 1.807) is 78.9 Å². The molecule has 0 aliphatic carbocycles. The van der Waals surface area contributed by atoms with Gasteiger partial charge in [-0.3, -0.25) is 0 Å². The van der Waals surface area contributed by atoms with Gasteiger partial charge in [0.1, 0.15) is 12.7 Å². The second kappa shape index (κ2) is 11.5. The molecule has 37 heavy (non-hydrogen) atoms. The molecule has 8 nitrogen and oxygen atoms in total. The summed E-state index contributed by atoms with van der Waals surface area (Å²) in [6.07, 6.45) is -4.29. The van der Waals surface area contributed by atoms with Crippen molar-refractivity contribution in [3.63, 3.8) is 0 Å². The summed E-state index contributed by atoms with van der Waals surface area (Å²) in [6, 6.07) is 24.5. The lowest BCUT2D eigenvalue weighted by Gasteiger charge is -2.28. The first-order valence-electron chi connectivity index (χ1n) is 11.5. The van der Waals surface area contributed by atoms with Crippen LogP contribution in [-0.2, 0) is 18.9 Å². The number of esters is 3. The van der Waals surface area contributed by atoms with Gasteiger partial charge in [0.2, 0.25) is 11.9 Å². The first-order chi connectivity index (χ1) is 17.9. The average molecular weight is 501 g/mol. The number of rotatable bonds is 7. The average Bonchev–Trinajstić information content (AvgIpc) is 3.18. The Morgan fingerprint density at radius 1 is 0.784 bits per heavy atom. The van der Waals surface area contributed by atoms with Gasteiger partial charge in [0.15, 0.2) is 6.10 Å². The molecule has 3 aromatic carbocycles. The van der Waals surface area contributed by atoms with Crippen molar-refractivity contribution in [1.82, 2.24) is 0 Å². The first-order valence-corrected chi connectivity index (χ1v) is 11.5. The number of hydrogen-bond acceptors (Lipinski definition) is 8. The van der Waals surface area contributed by atoms with Crippen LogP contribution in [0.25, 0.3) is 0 Å². The number of carbonyl (C=O) groups is 3. The number of hydrogen-bond donors (Lipinski definition) is 1. The van der Waals surface area contributed by atoms with E-state index < -0.39 is 48.6 Å². The van der Waals surface area contributed by atoms with Gasteiger partial charge in [0.25, 0.3) is 0 Å². The van der Waals surface area contributed by atoms with Crippen molar-refractivity contribution < 1.29 is 38.4 Å². The number of benzene rings is 3. The van der Waals surface area contributed by atoms with E-state index in [9.17, 15) is 19.5 Å². The Morgan fingerprint density at radius 3 is 1.73 bits per heavy atom. The SMILES string of the molecule is CC#C[C@]1(O)C(OC(=O)c2ccccc2)O[C@H](COC(=O)c2ccccc2)[C@H]1OC(=O)c1ccccc1. The van der Waals surface area contributed by atoms with Crippen LogP contribution in [0.5, 0.6) is 0 Å². The topological polar surface area (TPSA) is 108 Å². The number of carbonyl (C=O) groups excluding carboxylic acids is 3. The molecule has 1 aliphatic rings. The van der Waals surface area contributed by atoms with Gasteiger partial charge in [-0.25, -0.2) is 14.4 Å². The van der Waals surface area contributed by atoms with E-state index in [2.05, 4.69) is 11.8 Å². The van der Waals surface area contributed by atoms with Crippen LogP contribution in [0.3, 0.4) is 0 Å². The van der Waals surface area contributed by atoms with E-state index in [0.717, 1.165) is 0 Å². The Morgan fingerprint density at radius 2 is 1.24 bits per heavy atom. The lowest BCUT2D eigenvalue weighted by molar-refractivity contribution is -0.159. The number of ether oxygens (including phenoxy) is 4. The highest BCUT2D eigenvalue weighted by molar-refractivity contribution is 5.90. The third kappa shape index (κ3) is 5.86. The van der Waals surface area contributed by atoms with E-state index in [4.69, 9.17) is 18.9 Å². The molecule has 0 aromatic heterocycles. The molecular formula is C29H24O8. The van der Waals surface area contributed by atoms with Crippen LogP contribution in [0.2, 0.25) is 0 Å². The van der Waals surface area contributed by atoms with Crippen molar-refractivity contribution >= 4 is 17.9 Å². The minimum Gasteiger partial charge on any atom is -0.459 e. The Labute approximate surface area is 213 Å². The highest BCUT2D eigenvalue weighted by Crippen LogP contribution is 2.35. The van der Waals surface area contributed by atoms with Crippen LogP contribution in [0.15, 0.2) is 91.0 Å². The monoisotopic (exact) mass is 500 g/mol. The molecule has 3 aromatic rings. The fourth-order valence-electron chi connectivity index (χ4n) is 3.80. The Hall–Kier alpha value is -4.45. The minimum absolute atomic E-state index is 0.217. The molecule has 0 radical (unpaired) electrons. The van der Waals surface area contributed by atoms with E-state index in [-0.39, 0.29) is 11.1 Å². The van der Waals surface area contributed by atoms with Crippen LogP contribution in [0.1, 0.15) is 38.0 Å². The van der Waals surface area contributed by atoms with Crippen LogP contribution < -0.4 is 0 Å². The molecule has 0 spiro atoms. The van der Waals surface area contributed by atoms with Gasteiger partial charge < -0.3 is 24.1 Å². The third-order valence-corrected chi connectivity index (χ3v) is 5.61. The standard InChI is InChI=1S/C29H24O8/c1-2-18-29(33)24(36-26(31)21-14-8-4-9-15-21)23(19-34-25(30)20-12-6-3-7-13-20)35-28(29)37-27(32)22-16-10-5-11-17-22/h3-17,23-24,28,33H,19H2,1H3/t23-,24-,28?,29-/m1/s1. The molecule has 4 rings (SSSR count). The minimum atomic E-state index is -2.24. The van der Waals surface area contributed by atoms with Crippen molar-refractivity contribution in [2.24, 2.45) is 0 Å². The van der Waals surface area contributed by atoms with Gasteiger partial charge in [0.05, 0.1) is 16.7 Å². The first kappa shape index (κ1) is 25.6. The summed E-state index contributed by atoms with van der Waals surface area (Å²) < 4.78 is 22.3. The van der Waals surface area contributed by atoms with Crippen molar-refractivity contribution in [2.75, 3.05) is 6.61 Å². The molecule has 1 unspecified atom stereocenters. The molecule has 1 fully saturated rings. The van der Waals surface area contributed by atoms with Crippen molar-refractivity contribution in [3.05, 3.63) is 108 Å².